The van der Waals surface area contributed by atoms with Crippen LogP contribution in [0.15, 0.2) is 78.5 Å². The lowest BCUT2D eigenvalue weighted by molar-refractivity contribution is -0.140. The van der Waals surface area contributed by atoms with Crippen molar-refractivity contribution in [3.8, 4) is 11.5 Å². The Bertz CT molecular complexity index is 1520. The number of ether oxygens (including phenoxy) is 2. The second kappa shape index (κ2) is 9.91. The van der Waals surface area contributed by atoms with Crippen LogP contribution >= 0.6 is 0 Å². The Morgan fingerprint density at radius 3 is 2.49 bits per heavy atom. The summed E-state index contributed by atoms with van der Waals surface area (Å²) in [6, 6.07) is 19.5. The van der Waals surface area contributed by atoms with Gasteiger partial charge in [-0.15, -0.1) is 0 Å². The predicted octanol–water partition coefficient (Wildman–Crippen LogP) is 4.81. The third kappa shape index (κ3) is 4.36. The van der Waals surface area contributed by atoms with Crippen LogP contribution in [0.2, 0.25) is 0 Å². The van der Waals surface area contributed by atoms with Crippen molar-refractivity contribution >= 4 is 23.1 Å². The molecule has 1 fully saturated rings. The van der Waals surface area contributed by atoms with Gasteiger partial charge in [-0.1, -0.05) is 36.4 Å². The molecule has 0 aliphatic carbocycles. The number of methoxy groups -OCH3 is 1. The highest BCUT2D eigenvalue weighted by molar-refractivity contribution is 6.46. The number of para-hydroxylation sites is 1. The number of amides is 1. The Morgan fingerprint density at radius 2 is 1.76 bits per heavy atom. The number of aryl methyl sites for hydroxylation is 2. The molecule has 8 heteroatoms. The minimum Gasteiger partial charge on any atom is -0.505 e. The van der Waals surface area contributed by atoms with E-state index in [0.29, 0.717) is 28.4 Å². The predicted molar refractivity (Wildman–Crippen MR) is 139 cm³/mol. The highest BCUT2D eigenvalue weighted by Gasteiger charge is 2.46. The van der Waals surface area contributed by atoms with Gasteiger partial charge in [-0.3, -0.25) is 9.59 Å². The molecule has 0 spiro atoms. The summed E-state index contributed by atoms with van der Waals surface area (Å²) in [6.45, 7) is 4.15. The first-order valence-electron chi connectivity index (χ1n) is 12.0. The van der Waals surface area contributed by atoms with E-state index in [0.717, 1.165) is 5.56 Å². The van der Waals surface area contributed by atoms with Gasteiger partial charge >= 0.3 is 0 Å². The molecule has 2 aromatic heterocycles. The van der Waals surface area contributed by atoms with Gasteiger partial charge < -0.3 is 23.9 Å². The van der Waals surface area contributed by atoms with Gasteiger partial charge in [-0.05, 0) is 55.3 Å². The Kier molecular flexibility index (Phi) is 6.50. The largest absolute Gasteiger partial charge is 0.505 e. The van der Waals surface area contributed by atoms with Crippen LogP contribution in [0.1, 0.15) is 28.6 Å². The maximum Gasteiger partial charge on any atom is 0.295 e. The molecule has 3 heterocycles. The van der Waals surface area contributed by atoms with E-state index >= 15 is 0 Å². The summed E-state index contributed by atoms with van der Waals surface area (Å²) in [5.41, 5.74) is 3.14. The number of imidazole rings is 1. The number of nitrogens with zero attached hydrogens (tertiary/aromatic N) is 3. The van der Waals surface area contributed by atoms with Gasteiger partial charge in [-0.25, -0.2) is 4.98 Å². The number of carbonyl (C=O) groups is 2. The van der Waals surface area contributed by atoms with E-state index in [1.165, 1.54) is 12.0 Å². The quantitative estimate of drug-likeness (QED) is 0.224. The van der Waals surface area contributed by atoms with Crippen molar-refractivity contribution in [1.29, 1.82) is 0 Å². The standard InChI is InChI=1S/C29H27N3O5/c1-18-9-8-14-31-19(2)24(30-28(18)31)26(33)23-25(32(15-16-36-3)29(35)27(23)34)20-10-7-13-22(17-20)37-21-11-5-4-6-12-21/h4-14,17,25,33H,15-16H2,1-3H3/b26-23+. The van der Waals surface area contributed by atoms with E-state index in [9.17, 15) is 14.7 Å². The summed E-state index contributed by atoms with van der Waals surface area (Å²) < 4.78 is 13.1. The number of rotatable bonds is 7. The van der Waals surface area contributed by atoms with Crippen LogP contribution in [0.3, 0.4) is 0 Å². The van der Waals surface area contributed by atoms with Gasteiger partial charge in [0.25, 0.3) is 11.7 Å². The molecule has 1 aliphatic heterocycles. The average molecular weight is 498 g/mol. The van der Waals surface area contributed by atoms with E-state index in [-0.39, 0.29) is 30.2 Å². The number of likely N-dealkylation sites (tertiary alicyclic amines) is 1. The van der Waals surface area contributed by atoms with E-state index in [1.54, 1.807) is 18.2 Å². The van der Waals surface area contributed by atoms with E-state index in [2.05, 4.69) is 4.98 Å². The molecule has 1 atom stereocenters. The zero-order valence-corrected chi connectivity index (χ0v) is 20.8. The van der Waals surface area contributed by atoms with E-state index < -0.39 is 17.7 Å². The molecule has 1 aliphatic rings. The summed E-state index contributed by atoms with van der Waals surface area (Å²) in [5.74, 6) is -0.570. The van der Waals surface area contributed by atoms with Crippen molar-refractivity contribution in [1.82, 2.24) is 14.3 Å². The Balaban J connectivity index is 1.65. The Labute approximate surface area is 214 Å². The fraction of sp³-hybridized carbons (Fsp3) is 0.207. The number of Topliss-reactive ketones (excluding diaryl/α,β-unsaturated/α-hetero) is 1. The fourth-order valence-corrected chi connectivity index (χ4v) is 4.69. The molecule has 5 rings (SSSR count). The number of carbonyl (C=O) groups excluding carboxylic acids is 2. The molecule has 2 aromatic carbocycles. The molecule has 0 bridgehead atoms. The van der Waals surface area contributed by atoms with Crippen molar-refractivity contribution in [3.05, 3.63) is 101 Å². The lowest BCUT2D eigenvalue weighted by Crippen LogP contribution is -2.32. The minimum absolute atomic E-state index is 0.0119. The average Bonchev–Trinajstić information content (AvgIpc) is 3.38. The number of hydrogen-bond acceptors (Lipinski definition) is 6. The number of aliphatic hydroxyl groups excluding tert-OH is 1. The van der Waals surface area contributed by atoms with Crippen LogP contribution in [0, 0.1) is 13.8 Å². The molecule has 0 saturated carbocycles. The molecule has 1 unspecified atom stereocenters. The number of hydrogen-bond donors (Lipinski definition) is 1. The van der Waals surface area contributed by atoms with Gasteiger partial charge in [0.2, 0.25) is 0 Å². The second-order valence-electron chi connectivity index (χ2n) is 8.90. The maximum atomic E-state index is 13.3. The van der Waals surface area contributed by atoms with Crippen molar-refractivity contribution in [2.75, 3.05) is 20.3 Å². The van der Waals surface area contributed by atoms with Gasteiger partial charge in [0.1, 0.15) is 22.8 Å². The first kappa shape index (κ1) is 24.3. The monoisotopic (exact) mass is 497 g/mol. The summed E-state index contributed by atoms with van der Waals surface area (Å²) in [5, 5.41) is 11.5. The minimum atomic E-state index is -0.834. The van der Waals surface area contributed by atoms with E-state index in [1.807, 2.05) is 73.0 Å². The molecule has 8 nitrogen and oxygen atoms in total. The van der Waals surface area contributed by atoms with Gasteiger partial charge in [0.05, 0.1) is 23.9 Å². The third-order valence-electron chi connectivity index (χ3n) is 6.54. The summed E-state index contributed by atoms with van der Waals surface area (Å²) in [7, 11) is 1.53. The van der Waals surface area contributed by atoms with Crippen molar-refractivity contribution in [2.24, 2.45) is 0 Å². The lowest BCUT2D eigenvalue weighted by Gasteiger charge is -2.25. The van der Waals surface area contributed by atoms with Crippen LogP contribution in [0.5, 0.6) is 11.5 Å². The molecular formula is C29H27N3O5. The summed E-state index contributed by atoms with van der Waals surface area (Å²) in [4.78, 5) is 32.5. The smallest absolute Gasteiger partial charge is 0.295 e. The zero-order chi connectivity index (χ0) is 26.1. The van der Waals surface area contributed by atoms with Crippen molar-refractivity contribution in [3.63, 3.8) is 0 Å². The van der Waals surface area contributed by atoms with Crippen LogP contribution in [-0.2, 0) is 14.3 Å². The summed E-state index contributed by atoms with van der Waals surface area (Å²) in [6.07, 6.45) is 1.85. The van der Waals surface area contributed by atoms with E-state index in [4.69, 9.17) is 9.47 Å². The number of pyridine rings is 1. The zero-order valence-electron chi connectivity index (χ0n) is 20.8. The Morgan fingerprint density at radius 1 is 1.00 bits per heavy atom. The first-order valence-corrected chi connectivity index (χ1v) is 12.0. The van der Waals surface area contributed by atoms with Crippen LogP contribution < -0.4 is 4.74 Å². The molecule has 188 valence electrons. The topological polar surface area (TPSA) is 93.4 Å². The number of ketones is 1. The van der Waals surface area contributed by atoms with Crippen molar-refractivity contribution in [2.45, 2.75) is 19.9 Å². The van der Waals surface area contributed by atoms with Crippen LogP contribution in [0.25, 0.3) is 11.4 Å². The van der Waals surface area contributed by atoms with Gasteiger partial charge in [-0.2, -0.15) is 0 Å². The number of fused-ring (bicyclic) bond motifs is 1. The summed E-state index contributed by atoms with van der Waals surface area (Å²) >= 11 is 0. The van der Waals surface area contributed by atoms with Crippen LogP contribution in [-0.4, -0.2) is 51.3 Å². The SMILES string of the molecule is COCCN1C(=O)C(=O)/C(=C(/O)c2nc3c(C)cccn3c2C)C1c1cccc(Oc2ccccc2)c1. The molecule has 1 amide bonds. The molecule has 1 saturated heterocycles. The van der Waals surface area contributed by atoms with Gasteiger partial charge in [0.15, 0.2) is 5.76 Å². The normalized spacial score (nSPS) is 17.1. The number of aromatic nitrogens is 2. The highest BCUT2D eigenvalue weighted by atomic mass is 16.5. The molecule has 4 aromatic rings. The highest BCUT2D eigenvalue weighted by Crippen LogP contribution is 2.41. The van der Waals surface area contributed by atoms with Gasteiger partial charge in [0, 0.05) is 19.9 Å². The molecule has 37 heavy (non-hydrogen) atoms. The van der Waals surface area contributed by atoms with Crippen molar-refractivity contribution < 1.29 is 24.2 Å². The molecule has 1 N–H and O–H groups in total. The number of benzene rings is 2. The molecule has 0 radical (unpaired) electrons. The fourth-order valence-electron chi connectivity index (χ4n) is 4.69. The van der Waals surface area contributed by atoms with Crippen LogP contribution in [0.4, 0.5) is 0 Å². The lowest BCUT2D eigenvalue weighted by atomic mass is 9.96. The first-order chi connectivity index (χ1) is 17.9. The second-order valence-corrected chi connectivity index (χ2v) is 8.90. The maximum absolute atomic E-state index is 13.3. The third-order valence-corrected chi connectivity index (χ3v) is 6.54. The number of aliphatic hydroxyl groups is 1. The Hall–Kier alpha value is -4.43. The molecular weight excluding hydrogens is 470 g/mol.